The molecule has 51 heavy (non-hydrogen) atoms. The minimum atomic E-state index is -1.08. The number of ether oxygens (including phenoxy) is 1. The fourth-order valence-corrected chi connectivity index (χ4v) is 7.39. The summed E-state index contributed by atoms with van der Waals surface area (Å²) in [6.45, 7) is 6.83. The zero-order valence-corrected chi connectivity index (χ0v) is 30.0. The van der Waals surface area contributed by atoms with Gasteiger partial charge in [-0.05, 0) is 100 Å². The van der Waals surface area contributed by atoms with Gasteiger partial charge < -0.3 is 20.1 Å². The number of rotatable bonds is 10. The number of carbonyl (C=O) groups excluding carboxylic acids is 2. The molecule has 0 spiro atoms. The van der Waals surface area contributed by atoms with Gasteiger partial charge in [-0.2, -0.15) is 0 Å². The number of hydrogen-bond donors (Lipinski definition) is 2. The van der Waals surface area contributed by atoms with Crippen LogP contribution in [0.4, 0.5) is 4.39 Å². The van der Waals surface area contributed by atoms with E-state index in [4.69, 9.17) is 16.3 Å². The van der Waals surface area contributed by atoms with E-state index in [-0.39, 0.29) is 22.8 Å². The van der Waals surface area contributed by atoms with E-state index in [9.17, 15) is 23.9 Å². The van der Waals surface area contributed by atoms with Crippen LogP contribution in [-0.2, 0) is 26.2 Å². The van der Waals surface area contributed by atoms with Gasteiger partial charge in [0.2, 0.25) is 11.8 Å². The molecule has 0 bridgehead atoms. The molecule has 266 valence electrons. The van der Waals surface area contributed by atoms with Gasteiger partial charge >= 0.3 is 5.97 Å². The number of aliphatic carboxylic acids is 1. The lowest BCUT2D eigenvalue weighted by Gasteiger charge is -2.38. The number of nitrogens with one attached hydrogen (secondary N) is 1. The molecule has 9 heteroatoms. The standard InChI is InChI=1S/C42H44ClFN2O5/c1-42(2,3)31-14-17-32(18-15-31)51-33-16-12-28-20-21-46(38(47)22-26-6-4-5-7-26)40(34(28)24-33)41(50)45-37(25-39(48)49)29-10-8-27(9-11-29)30-13-19-36(44)35(43)23-30/h8-19,23-24,26,37,40H,4-7,20-22,25H2,1-3H3,(H,45,50)(H,48,49). The Morgan fingerprint density at radius 1 is 0.922 bits per heavy atom. The largest absolute Gasteiger partial charge is 0.481 e. The third kappa shape index (κ3) is 8.62. The molecule has 2 atom stereocenters. The highest BCUT2D eigenvalue weighted by atomic mass is 35.5. The topological polar surface area (TPSA) is 95.9 Å². The van der Waals surface area contributed by atoms with Crippen molar-refractivity contribution in [3.8, 4) is 22.6 Å². The van der Waals surface area contributed by atoms with Crippen LogP contribution in [0.3, 0.4) is 0 Å². The van der Waals surface area contributed by atoms with Crippen LogP contribution in [0, 0.1) is 11.7 Å². The van der Waals surface area contributed by atoms with E-state index in [2.05, 4.69) is 26.1 Å². The fraction of sp³-hybridized carbons (Fsp3) is 0.357. The Balaban J connectivity index is 1.30. The highest BCUT2D eigenvalue weighted by Gasteiger charge is 2.38. The second-order valence-electron chi connectivity index (χ2n) is 14.7. The van der Waals surface area contributed by atoms with Gasteiger partial charge in [0.15, 0.2) is 0 Å². The van der Waals surface area contributed by atoms with E-state index in [1.807, 2.05) is 42.5 Å². The first-order chi connectivity index (χ1) is 24.4. The smallest absolute Gasteiger partial charge is 0.305 e. The van der Waals surface area contributed by atoms with E-state index in [1.165, 1.54) is 17.7 Å². The maximum Gasteiger partial charge on any atom is 0.305 e. The molecule has 0 aromatic heterocycles. The average Bonchev–Trinajstić information content (AvgIpc) is 3.61. The van der Waals surface area contributed by atoms with Crippen LogP contribution >= 0.6 is 11.6 Å². The van der Waals surface area contributed by atoms with Crippen LogP contribution in [0.1, 0.15) is 93.6 Å². The summed E-state index contributed by atoms with van der Waals surface area (Å²) in [7, 11) is 0. The van der Waals surface area contributed by atoms with E-state index in [0.717, 1.165) is 36.8 Å². The van der Waals surface area contributed by atoms with Crippen LogP contribution in [0.2, 0.25) is 5.02 Å². The summed E-state index contributed by atoms with van der Waals surface area (Å²) >= 11 is 6.00. The molecule has 0 saturated heterocycles. The normalized spacial score (nSPS) is 16.7. The number of nitrogens with zero attached hydrogens (tertiary/aromatic N) is 1. The summed E-state index contributed by atoms with van der Waals surface area (Å²) in [6, 6.07) is 23.2. The summed E-state index contributed by atoms with van der Waals surface area (Å²) in [5.41, 5.74) is 4.82. The minimum Gasteiger partial charge on any atom is -0.481 e. The first-order valence-electron chi connectivity index (χ1n) is 17.6. The van der Waals surface area contributed by atoms with Gasteiger partial charge in [0.25, 0.3) is 0 Å². The highest BCUT2D eigenvalue weighted by molar-refractivity contribution is 6.31. The lowest BCUT2D eigenvalue weighted by atomic mass is 9.87. The van der Waals surface area contributed by atoms with Crippen LogP contribution < -0.4 is 10.1 Å². The van der Waals surface area contributed by atoms with Gasteiger partial charge in [-0.1, -0.05) is 93.7 Å². The molecule has 1 saturated carbocycles. The molecule has 2 N–H and O–H groups in total. The SMILES string of the molecule is CC(C)(C)c1ccc(Oc2ccc3c(c2)C(C(=O)NC(CC(=O)O)c2ccc(-c4ccc(F)c(Cl)c4)cc2)N(C(=O)CC2CCCC2)CC3)cc1. The second kappa shape index (κ2) is 15.3. The number of fused-ring (bicyclic) bond motifs is 1. The Hall–Kier alpha value is -4.69. The number of carbonyl (C=O) groups is 3. The lowest BCUT2D eigenvalue weighted by Crippen LogP contribution is -2.48. The third-order valence-electron chi connectivity index (χ3n) is 10.1. The summed E-state index contributed by atoms with van der Waals surface area (Å²) < 4.78 is 20.0. The molecule has 6 rings (SSSR count). The van der Waals surface area contributed by atoms with Crippen LogP contribution in [0.15, 0.2) is 84.9 Å². The monoisotopic (exact) mass is 710 g/mol. The van der Waals surface area contributed by atoms with Gasteiger partial charge in [0.05, 0.1) is 17.5 Å². The van der Waals surface area contributed by atoms with Crippen molar-refractivity contribution in [2.75, 3.05) is 6.54 Å². The van der Waals surface area contributed by atoms with Crippen molar-refractivity contribution in [1.82, 2.24) is 10.2 Å². The molecule has 2 unspecified atom stereocenters. The minimum absolute atomic E-state index is 0.000566. The molecule has 4 aromatic carbocycles. The summed E-state index contributed by atoms with van der Waals surface area (Å²) in [6.07, 6.45) is 4.81. The Bertz CT molecular complexity index is 1900. The van der Waals surface area contributed by atoms with Crippen molar-refractivity contribution >= 4 is 29.4 Å². The summed E-state index contributed by atoms with van der Waals surface area (Å²) in [5.74, 6) is -0.643. The maximum atomic E-state index is 14.4. The number of halogens is 2. The highest BCUT2D eigenvalue weighted by Crippen LogP contribution is 2.38. The van der Waals surface area contributed by atoms with Crippen LogP contribution in [-0.4, -0.2) is 34.3 Å². The lowest BCUT2D eigenvalue weighted by molar-refractivity contribution is -0.143. The Labute approximate surface area is 303 Å². The molecule has 7 nitrogen and oxygen atoms in total. The van der Waals surface area contributed by atoms with Gasteiger partial charge in [-0.15, -0.1) is 0 Å². The fourth-order valence-electron chi connectivity index (χ4n) is 7.21. The molecule has 1 fully saturated rings. The number of benzene rings is 4. The van der Waals surface area contributed by atoms with Crippen molar-refractivity contribution < 1.29 is 28.6 Å². The summed E-state index contributed by atoms with van der Waals surface area (Å²) in [5, 5.41) is 12.9. The molecule has 1 heterocycles. The Kier molecular flexibility index (Phi) is 10.8. The van der Waals surface area contributed by atoms with Crippen molar-refractivity contribution in [1.29, 1.82) is 0 Å². The molecule has 1 aliphatic heterocycles. The van der Waals surface area contributed by atoms with E-state index < -0.39 is 29.8 Å². The molecular formula is C42H44ClFN2O5. The van der Waals surface area contributed by atoms with Crippen molar-refractivity contribution in [3.63, 3.8) is 0 Å². The maximum absolute atomic E-state index is 14.4. The molecule has 2 aliphatic rings. The van der Waals surface area contributed by atoms with Gasteiger partial charge in [0, 0.05) is 13.0 Å². The molecule has 0 radical (unpaired) electrons. The molecular weight excluding hydrogens is 667 g/mol. The Morgan fingerprint density at radius 3 is 2.24 bits per heavy atom. The van der Waals surface area contributed by atoms with E-state index in [0.29, 0.717) is 53.5 Å². The van der Waals surface area contributed by atoms with Gasteiger partial charge in [-0.25, -0.2) is 4.39 Å². The zero-order valence-electron chi connectivity index (χ0n) is 29.3. The van der Waals surface area contributed by atoms with Crippen LogP contribution in [0.5, 0.6) is 11.5 Å². The van der Waals surface area contributed by atoms with E-state index >= 15 is 0 Å². The van der Waals surface area contributed by atoms with E-state index in [1.54, 1.807) is 35.2 Å². The first kappa shape index (κ1) is 36.1. The molecule has 2 amide bonds. The zero-order chi connectivity index (χ0) is 36.3. The average molecular weight is 711 g/mol. The van der Waals surface area contributed by atoms with Crippen molar-refractivity contribution in [3.05, 3.63) is 118 Å². The van der Waals surface area contributed by atoms with Crippen LogP contribution in [0.25, 0.3) is 11.1 Å². The number of carboxylic acids is 1. The van der Waals surface area contributed by atoms with Crippen molar-refractivity contribution in [2.45, 2.75) is 83.2 Å². The number of amides is 2. The third-order valence-corrected chi connectivity index (χ3v) is 10.4. The quantitative estimate of drug-likeness (QED) is 0.171. The Morgan fingerprint density at radius 2 is 1.59 bits per heavy atom. The molecule has 1 aliphatic carbocycles. The number of hydrogen-bond acceptors (Lipinski definition) is 4. The van der Waals surface area contributed by atoms with Crippen molar-refractivity contribution in [2.24, 2.45) is 5.92 Å². The predicted molar refractivity (Wildman–Crippen MR) is 196 cm³/mol. The second-order valence-corrected chi connectivity index (χ2v) is 15.1. The van der Waals surface area contributed by atoms with Gasteiger partial charge in [0.1, 0.15) is 23.4 Å². The number of carboxylic acid groups (broad SMARTS) is 1. The summed E-state index contributed by atoms with van der Waals surface area (Å²) in [4.78, 5) is 42.1. The molecule has 4 aromatic rings. The van der Waals surface area contributed by atoms with Gasteiger partial charge in [-0.3, -0.25) is 14.4 Å². The predicted octanol–water partition coefficient (Wildman–Crippen LogP) is 9.57. The first-order valence-corrected chi connectivity index (χ1v) is 18.0.